The third kappa shape index (κ3) is 3.90. The summed E-state index contributed by atoms with van der Waals surface area (Å²) in [4.78, 5) is 20.9. The molecule has 0 saturated carbocycles. The van der Waals surface area contributed by atoms with Crippen molar-refractivity contribution in [1.29, 1.82) is 0 Å². The number of thiazole rings is 1. The lowest BCUT2D eigenvalue weighted by Gasteiger charge is -2.49. The number of rotatable bonds is 4. The van der Waals surface area contributed by atoms with Gasteiger partial charge in [0.1, 0.15) is 11.9 Å². The molecular weight excluding hydrogens is 379 g/mol. The normalized spacial score (nSPS) is 22.7. The SMILES string of the molecule is CC1OC2(CCN(CCc3csc(N)n3)CC2)CN(c2ccccc2F)C1=O. The van der Waals surface area contributed by atoms with Crippen LogP contribution in [-0.2, 0) is 16.0 Å². The van der Waals surface area contributed by atoms with Gasteiger partial charge in [0.05, 0.1) is 23.5 Å². The molecule has 1 spiro atoms. The standard InChI is InChI=1S/C20H25FN4O2S/c1-14-18(26)25(17-5-3-2-4-16(17)21)13-20(27-14)7-10-24(11-8-20)9-6-15-12-28-19(22)23-15/h2-5,12,14H,6-11,13H2,1H3,(H2,22,23). The number of nitrogens with zero attached hydrogens (tertiary/aromatic N) is 3. The molecule has 8 heteroatoms. The lowest BCUT2D eigenvalue weighted by Crippen LogP contribution is -2.61. The minimum atomic E-state index is -0.571. The molecule has 2 aromatic rings. The van der Waals surface area contributed by atoms with Crippen molar-refractivity contribution < 1.29 is 13.9 Å². The fraction of sp³-hybridized carbons (Fsp3) is 0.500. The van der Waals surface area contributed by atoms with Gasteiger partial charge in [-0.15, -0.1) is 11.3 Å². The summed E-state index contributed by atoms with van der Waals surface area (Å²) in [5.74, 6) is -0.556. The van der Waals surface area contributed by atoms with E-state index in [4.69, 9.17) is 10.5 Å². The van der Waals surface area contributed by atoms with Gasteiger partial charge >= 0.3 is 0 Å². The van der Waals surface area contributed by atoms with Gasteiger partial charge in [-0.2, -0.15) is 0 Å². The van der Waals surface area contributed by atoms with Crippen molar-refractivity contribution in [2.75, 3.05) is 36.8 Å². The molecule has 3 heterocycles. The number of nitrogens with two attached hydrogens (primary N) is 1. The van der Waals surface area contributed by atoms with Gasteiger partial charge in [0.25, 0.3) is 5.91 Å². The van der Waals surface area contributed by atoms with Gasteiger partial charge in [-0.1, -0.05) is 12.1 Å². The summed E-state index contributed by atoms with van der Waals surface area (Å²) < 4.78 is 20.5. The van der Waals surface area contributed by atoms with Crippen LogP contribution in [0.5, 0.6) is 0 Å². The average Bonchev–Trinajstić information content (AvgIpc) is 3.10. The third-order valence-corrected chi connectivity index (χ3v) is 6.37. The fourth-order valence-corrected chi connectivity index (χ4v) is 4.69. The van der Waals surface area contributed by atoms with E-state index in [2.05, 4.69) is 9.88 Å². The van der Waals surface area contributed by atoms with Crippen LogP contribution in [0.3, 0.4) is 0 Å². The van der Waals surface area contributed by atoms with Gasteiger partial charge in [-0.3, -0.25) is 4.79 Å². The van der Waals surface area contributed by atoms with Crippen molar-refractivity contribution in [1.82, 2.24) is 9.88 Å². The maximum atomic E-state index is 14.3. The average molecular weight is 405 g/mol. The Bertz CT molecular complexity index is 850. The van der Waals surface area contributed by atoms with Gasteiger partial charge in [0.15, 0.2) is 5.13 Å². The van der Waals surface area contributed by atoms with Crippen LogP contribution >= 0.6 is 11.3 Å². The maximum Gasteiger partial charge on any atom is 0.256 e. The Labute approximate surface area is 168 Å². The summed E-state index contributed by atoms with van der Waals surface area (Å²) in [6, 6.07) is 6.45. The molecule has 6 nitrogen and oxygen atoms in total. The van der Waals surface area contributed by atoms with Crippen LogP contribution in [-0.4, -0.2) is 53.7 Å². The quantitative estimate of drug-likeness (QED) is 0.848. The number of aromatic nitrogens is 1. The predicted molar refractivity (Wildman–Crippen MR) is 108 cm³/mol. The molecule has 2 saturated heterocycles. The maximum absolute atomic E-state index is 14.3. The number of hydrogen-bond donors (Lipinski definition) is 1. The zero-order chi connectivity index (χ0) is 19.7. The zero-order valence-corrected chi connectivity index (χ0v) is 16.8. The number of benzene rings is 1. The lowest BCUT2D eigenvalue weighted by molar-refractivity contribution is -0.161. The van der Waals surface area contributed by atoms with Crippen LogP contribution in [0.4, 0.5) is 15.2 Å². The van der Waals surface area contributed by atoms with E-state index in [0.29, 0.717) is 17.4 Å². The van der Waals surface area contributed by atoms with Gasteiger partial charge < -0.3 is 20.3 Å². The molecule has 2 aliphatic heterocycles. The Morgan fingerprint density at radius 1 is 1.36 bits per heavy atom. The fourth-order valence-electron chi connectivity index (χ4n) is 4.09. The number of ether oxygens (including phenoxy) is 1. The molecule has 2 aliphatic rings. The van der Waals surface area contributed by atoms with E-state index in [0.717, 1.165) is 44.6 Å². The molecule has 1 amide bonds. The molecule has 1 aromatic carbocycles. The number of para-hydroxylation sites is 1. The topological polar surface area (TPSA) is 71.7 Å². The van der Waals surface area contributed by atoms with Crippen molar-refractivity contribution in [3.05, 3.63) is 41.2 Å². The first kappa shape index (κ1) is 19.3. The number of nitrogen functional groups attached to an aromatic ring is 1. The van der Waals surface area contributed by atoms with Gasteiger partial charge in [0, 0.05) is 31.4 Å². The zero-order valence-electron chi connectivity index (χ0n) is 15.9. The number of piperidine rings is 1. The first-order chi connectivity index (χ1) is 13.5. The van der Waals surface area contributed by atoms with E-state index >= 15 is 0 Å². The molecule has 0 aliphatic carbocycles. The lowest BCUT2D eigenvalue weighted by atomic mass is 9.88. The highest BCUT2D eigenvalue weighted by atomic mass is 32.1. The highest BCUT2D eigenvalue weighted by Crippen LogP contribution is 2.35. The van der Waals surface area contributed by atoms with Crippen LogP contribution < -0.4 is 10.6 Å². The largest absolute Gasteiger partial charge is 0.375 e. The van der Waals surface area contributed by atoms with Crippen LogP contribution in [0.15, 0.2) is 29.6 Å². The number of carbonyl (C=O) groups is 1. The summed E-state index contributed by atoms with van der Waals surface area (Å²) in [6.07, 6.45) is 1.93. The molecule has 1 aromatic heterocycles. The Morgan fingerprint density at radius 3 is 2.79 bits per heavy atom. The van der Waals surface area contributed by atoms with Crippen LogP contribution in [0.2, 0.25) is 0 Å². The summed E-state index contributed by atoms with van der Waals surface area (Å²) in [6.45, 7) is 4.84. The number of carbonyl (C=O) groups excluding carboxylic acids is 1. The first-order valence-electron chi connectivity index (χ1n) is 9.62. The minimum absolute atomic E-state index is 0.181. The van der Waals surface area contributed by atoms with Crippen molar-refractivity contribution in [2.24, 2.45) is 0 Å². The molecule has 2 fully saturated rings. The minimum Gasteiger partial charge on any atom is -0.375 e. The van der Waals surface area contributed by atoms with Gasteiger partial charge in [-0.05, 0) is 31.9 Å². The number of anilines is 2. The Hall–Kier alpha value is -2.03. The summed E-state index contributed by atoms with van der Waals surface area (Å²) in [7, 11) is 0. The second-order valence-electron chi connectivity index (χ2n) is 7.59. The number of amides is 1. The highest BCUT2D eigenvalue weighted by Gasteiger charge is 2.46. The van der Waals surface area contributed by atoms with Crippen LogP contribution in [0.1, 0.15) is 25.5 Å². The summed E-state index contributed by atoms with van der Waals surface area (Å²) >= 11 is 1.47. The van der Waals surface area contributed by atoms with Crippen LogP contribution in [0.25, 0.3) is 0 Å². The molecule has 1 atom stereocenters. The molecular formula is C20H25FN4O2S. The first-order valence-corrected chi connectivity index (χ1v) is 10.5. The Morgan fingerprint density at radius 2 is 2.11 bits per heavy atom. The number of morpholine rings is 1. The van der Waals surface area contributed by atoms with E-state index in [1.807, 2.05) is 5.38 Å². The number of halogens is 1. The third-order valence-electron chi connectivity index (χ3n) is 5.65. The van der Waals surface area contributed by atoms with E-state index in [9.17, 15) is 9.18 Å². The van der Waals surface area contributed by atoms with E-state index in [-0.39, 0.29) is 11.7 Å². The second kappa shape index (κ2) is 7.77. The molecule has 4 rings (SSSR count). The second-order valence-corrected chi connectivity index (χ2v) is 8.48. The Balaban J connectivity index is 1.41. The number of hydrogen-bond acceptors (Lipinski definition) is 6. The molecule has 0 radical (unpaired) electrons. The smallest absolute Gasteiger partial charge is 0.256 e. The molecule has 28 heavy (non-hydrogen) atoms. The van der Waals surface area contributed by atoms with Crippen molar-refractivity contribution >= 4 is 28.1 Å². The molecule has 1 unspecified atom stereocenters. The van der Waals surface area contributed by atoms with Crippen LogP contribution in [0, 0.1) is 5.82 Å². The van der Waals surface area contributed by atoms with Crippen molar-refractivity contribution in [3.8, 4) is 0 Å². The predicted octanol–water partition coefficient (Wildman–Crippen LogP) is 2.69. The molecule has 150 valence electrons. The van der Waals surface area contributed by atoms with Gasteiger partial charge in [0.2, 0.25) is 0 Å². The summed E-state index contributed by atoms with van der Waals surface area (Å²) in [5.41, 5.74) is 6.64. The van der Waals surface area contributed by atoms with Crippen molar-refractivity contribution in [2.45, 2.75) is 37.9 Å². The van der Waals surface area contributed by atoms with E-state index in [1.54, 1.807) is 30.0 Å². The molecule has 2 N–H and O–H groups in total. The van der Waals surface area contributed by atoms with Crippen molar-refractivity contribution in [3.63, 3.8) is 0 Å². The number of likely N-dealkylation sites (tertiary alicyclic amines) is 1. The molecule has 0 bridgehead atoms. The van der Waals surface area contributed by atoms with Gasteiger partial charge in [-0.25, -0.2) is 9.37 Å². The van der Waals surface area contributed by atoms with E-state index < -0.39 is 11.7 Å². The Kier molecular flexibility index (Phi) is 5.35. The monoisotopic (exact) mass is 404 g/mol. The highest BCUT2D eigenvalue weighted by molar-refractivity contribution is 7.13. The summed E-state index contributed by atoms with van der Waals surface area (Å²) in [5, 5.41) is 2.61. The van der Waals surface area contributed by atoms with E-state index in [1.165, 1.54) is 17.4 Å².